The Kier molecular flexibility index (Phi) is 5.64. The average Bonchev–Trinajstić information content (AvgIpc) is 2.61. The first-order chi connectivity index (χ1) is 12.0. The van der Waals surface area contributed by atoms with Crippen LogP contribution in [0.25, 0.3) is 11.1 Å². The van der Waals surface area contributed by atoms with E-state index in [0.29, 0.717) is 42.6 Å². The number of hydrogen-bond donors (Lipinski definition) is 2. The van der Waals surface area contributed by atoms with Crippen molar-refractivity contribution in [3.63, 3.8) is 0 Å². The Morgan fingerprint density at radius 3 is 2.56 bits per heavy atom. The molecule has 1 heterocycles. The molecule has 2 aromatic carbocycles. The van der Waals surface area contributed by atoms with Crippen LogP contribution >= 0.6 is 23.2 Å². The van der Waals surface area contributed by atoms with E-state index in [-0.39, 0.29) is 5.91 Å². The van der Waals surface area contributed by atoms with Crippen LogP contribution in [0.3, 0.4) is 0 Å². The van der Waals surface area contributed by atoms with E-state index in [2.05, 4.69) is 5.32 Å². The van der Waals surface area contributed by atoms with Crippen LogP contribution in [0.15, 0.2) is 42.5 Å². The number of carbonyl (C=O) groups excluding carboxylic acids is 1. The minimum Gasteiger partial charge on any atom is -0.381 e. The highest BCUT2D eigenvalue weighted by atomic mass is 35.5. The van der Waals surface area contributed by atoms with Crippen molar-refractivity contribution in [1.82, 2.24) is 5.32 Å². The predicted octanol–water partition coefficient (Wildman–Crippen LogP) is 3.78. The van der Waals surface area contributed by atoms with Gasteiger partial charge in [0, 0.05) is 35.4 Å². The monoisotopic (exact) mass is 378 g/mol. The predicted molar refractivity (Wildman–Crippen MR) is 101 cm³/mol. The molecular weight excluding hydrogens is 359 g/mol. The second-order valence-corrected chi connectivity index (χ2v) is 7.08. The van der Waals surface area contributed by atoms with E-state index in [0.717, 1.165) is 16.7 Å². The van der Waals surface area contributed by atoms with Crippen LogP contribution in [-0.2, 0) is 16.1 Å². The van der Waals surface area contributed by atoms with Gasteiger partial charge in [0.15, 0.2) is 0 Å². The van der Waals surface area contributed by atoms with Gasteiger partial charge >= 0.3 is 0 Å². The van der Waals surface area contributed by atoms with Crippen molar-refractivity contribution in [2.45, 2.75) is 24.9 Å². The van der Waals surface area contributed by atoms with E-state index >= 15 is 0 Å². The van der Waals surface area contributed by atoms with Crippen molar-refractivity contribution in [1.29, 1.82) is 0 Å². The summed E-state index contributed by atoms with van der Waals surface area (Å²) >= 11 is 12.3. The molecule has 2 aromatic rings. The molecule has 1 aliphatic heterocycles. The molecule has 6 heteroatoms. The fraction of sp³-hybridized carbons (Fsp3) is 0.316. The maximum absolute atomic E-state index is 12.5. The van der Waals surface area contributed by atoms with Gasteiger partial charge in [0.2, 0.25) is 5.91 Å². The van der Waals surface area contributed by atoms with Crippen LogP contribution in [0.2, 0.25) is 10.0 Å². The summed E-state index contributed by atoms with van der Waals surface area (Å²) in [6, 6.07) is 13.2. The summed E-state index contributed by atoms with van der Waals surface area (Å²) in [6.07, 6.45) is 1.06. The van der Waals surface area contributed by atoms with Crippen molar-refractivity contribution in [3.05, 3.63) is 58.1 Å². The maximum atomic E-state index is 12.5. The Bertz CT molecular complexity index is 774. The van der Waals surface area contributed by atoms with E-state index in [9.17, 15) is 4.79 Å². The molecule has 3 rings (SSSR count). The van der Waals surface area contributed by atoms with Gasteiger partial charge < -0.3 is 15.8 Å². The summed E-state index contributed by atoms with van der Waals surface area (Å²) in [5, 5.41) is 4.12. The molecule has 25 heavy (non-hydrogen) atoms. The molecule has 1 saturated heterocycles. The van der Waals surface area contributed by atoms with Crippen molar-refractivity contribution >= 4 is 29.1 Å². The van der Waals surface area contributed by atoms with Crippen LogP contribution in [0.1, 0.15) is 18.4 Å². The number of carbonyl (C=O) groups is 1. The van der Waals surface area contributed by atoms with Crippen LogP contribution in [0.5, 0.6) is 0 Å². The molecule has 1 aliphatic rings. The summed E-state index contributed by atoms with van der Waals surface area (Å²) in [6.45, 7) is 1.41. The number of nitrogens with one attached hydrogen (secondary N) is 1. The number of rotatable bonds is 4. The lowest BCUT2D eigenvalue weighted by Gasteiger charge is -2.31. The fourth-order valence-electron chi connectivity index (χ4n) is 2.96. The Morgan fingerprint density at radius 2 is 1.84 bits per heavy atom. The molecule has 0 saturated carbocycles. The molecule has 132 valence electrons. The van der Waals surface area contributed by atoms with Gasteiger partial charge in [-0.05, 0) is 36.1 Å². The summed E-state index contributed by atoms with van der Waals surface area (Å²) in [5.41, 5.74) is 8.18. The third kappa shape index (κ3) is 4.15. The van der Waals surface area contributed by atoms with Crippen LogP contribution in [0, 0.1) is 0 Å². The molecule has 0 radical (unpaired) electrons. The van der Waals surface area contributed by atoms with Crippen molar-refractivity contribution < 1.29 is 9.53 Å². The number of nitrogens with two attached hydrogens (primary N) is 1. The molecule has 1 amide bonds. The van der Waals surface area contributed by atoms with Crippen molar-refractivity contribution in [2.24, 2.45) is 5.73 Å². The first-order valence-electron chi connectivity index (χ1n) is 8.18. The van der Waals surface area contributed by atoms with Crippen molar-refractivity contribution in [2.75, 3.05) is 13.2 Å². The van der Waals surface area contributed by atoms with E-state index in [1.54, 1.807) is 12.1 Å². The van der Waals surface area contributed by atoms with Gasteiger partial charge in [-0.1, -0.05) is 53.5 Å². The maximum Gasteiger partial charge on any atom is 0.240 e. The summed E-state index contributed by atoms with van der Waals surface area (Å²) in [4.78, 5) is 12.5. The molecule has 4 nitrogen and oxygen atoms in total. The van der Waals surface area contributed by atoms with Gasteiger partial charge in [0.25, 0.3) is 0 Å². The lowest BCUT2D eigenvalue weighted by molar-refractivity contribution is -0.129. The highest BCUT2D eigenvalue weighted by Crippen LogP contribution is 2.32. The van der Waals surface area contributed by atoms with Crippen LogP contribution in [-0.4, -0.2) is 24.7 Å². The molecule has 0 aliphatic carbocycles. The topological polar surface area (TPSA) is 64.4 Å². The third-order valence-corrected chi connectivity index (χ3v) is 5.06. The summed E-state index contributed by atoms with van der Waals surface area (Å²) in [7, 11) is 0. The first kappa shape index (κ1) is 18.2. The van der Waals surface area contributed by atoms with Gasteiger partial charge in [0.1, 0.15) is 0 Å². The number of halogens is 2. The van der Waals surface area contributed by atoms with E-state index in [1.165, 1.54) is 0 Å². The second kappa shape index (κ2) is 7.75. The fourth-order valence-corrected chi connectivity index (χ4v) is 3.47. The Hall–Kier alpha value is -1.59. The van der Waals surface area contributed by atoms with Crippen LogP contribution in [0.4, 0.5) is 0 Å². The molecular formula is C19H20Cl2N2O2. The largest absolute Gasteiger partial charge is 0.381 e. The Morgan fingerprint density at radius 1 is 1.12 bits per heavy atom. The molecule has 0 aromatic heterocycles. The van der Waals surface area contributed by atoms with Crippen molar-refractivity contribution in [3.8, 4) is 11.1 Å². The zero-order valence-corrected chi connectivity index (χ0v) is 15.2. The lowest BCUT2D eigenvalue weighted by Crippen LogP contribution is -2.56. The standard InChI is InChI=1S/C19H20Cl2N2O2/c20-14-5-6-16(17(21)11-14)15-4-2-1-3-13(15)12-23-18(24)19(22)7-9-25-10-8-19/h1-6,11H,7-10,12,22H2,(H,23,24). The van der Waals surface area contributed by atoms with Crippen LogP contribution < -0.4 is 11.1 Å². The normalized spacial score (nSPS) is 16.4. The highest BCUT2D eigenvalue weighted by Gasteiger charge is 2.35. The number of ether oxygens (including phenoxy) is 1. The Balaban J connectivity index is 1.78. The molecule has 3 N–H and O–H groups in total. The zero-order valence-electron chi connectivity index (χ0n) is 13.7. The molecule has 1 fully saturated rings. The smallest absolute Gasteiger partial charge is 0.240 e. The zero-order chi connectivity index (χ0) is 17.9. The van der Waals surface area contributed by atoms with Gasteiger partial charge in [0.05, 0.1) is 5.54 Å². The molecule has 0 bridgehead atoms. The SMILES string of the molecule is NC1(C(=O)NCc2ccccc2-c2ccc(Cl)cc2Cl)CCOCC1. The van der Waals surface area contributed by atoms with Gasteiger partial charge in [-0.2, -0.15) is 0 Å². The first-order valence-corrected chi connectivity index (χ1v) is 8.93. The van der Waals surface area contributed by atoms with E-state index < -0.39 is 5.54 Å². The highest BCUT2D eigenvalue weighted by molar-refractivity contribution is 6.36. The number of amides is 1. The lowest BCUT2D eigenvalue weighted by atomic mass is 9.90. The molecule has 0 unspecified atom stereocenters. The minimum atomic E-state index is -0.856. The Labute approximate surface area is 157 Å². The average molecular weight is 379 g/mol. The quantitative estimate of drug-likeness (QED) is 0.850. The van der Waals surface area contributed by atoms with E-state index in [1.807, 2.05) is 30.3 Å². The minimum absolute atomic E-state index is 0.146. The summed E-state index contributed by atoms with van der Waals surface area (Å²) in [5.74, 6) is -0.146. The van der Waals surface area contributed by atoms with Gasteiger partial charge in [-0.3, -0.25) is 4.79 Å². The van der Waals surface area contributed by atoms with Gasteiger partial charge in [-0.15, -0.1) is 0 Å². The molecule has 0 spiro atoms. The van der Waals surface area contributed by atoms with E-state index in [4.69, 9.17) is 33.7 Å². The molecule has 0 atom stereocenters. The number of hydrogen-bond acceptors (Lipinski definition) is 3. The number of benzene rings is 2. The third-order valence-electron chi connectivity index (χ3n) is 4.52. The second-order valence-electron chi connectivity index (χ2n) is 6.23. The summed E-state index contributed by atoms with van der Waals surface area (Å²) < 4.78 is 5.29. The van der Waals surface area contributed by atoms with Gasteiger partial charge in [-0.25, -0.2) is 0 Å².